The lowest BCUT2D eigenvalue weighted by atomic mass is 10.2. The van der Waals surface area contributed by atoms with E-state index in [1.165, 1.54) is 30.8 Å². The molecule has 0 aliphatic rings. The highest BCUT2D eigenvalue weighted by Crippen LogP contribution is 2.34. The largest absolute Gasteiger partial charge is 0.465 e. The van der Waals surface area contributed by atoms with Crippen molar-refractivity contribution in [1.82, 2.24) is 9.97 Å². The van der Waals surface area contributed by atoms with Gasteiger partial charge in [-0.3, -0.25) is 0 Å². The number of esters is 1. The standard InChI is InChI=1S/C15H11F2N3O2S/c1-7-11-13(20-8-3-4-9(16)10(17)5-8)18-6-19-14(11)23-12(7)15(21)22-2/h3-6H,1-2H3,(H,18,19,20). The van der Waals surface area contributed by atoms with E-state index in [0.29, 0.717) is 32.2 Å². The van der Waals surface area contributed by atoms with E-state index in [1.807, 2.05) is 0 Å². The highest BCUT2D eigenvalue weighted by atomic mass is 32.1. The number of methoxy groups -OCH3 is 1. The molecule has 1 N–H and O–H groups in total. The first kappa shape index (κ1) is 15.3. The van der Waals surface area contributed by atoms with E-state index < -0.39 is 17.6 Å². The van der Waals surface area contributed by atoms with Crippen LogP contribution in [-0.4, -0.2) is 23.0 Å². The van der Waals surface area contributed by atoms with Crippen molar-refractivity contribution in [3.05, 3.63) is 46.6 Å². The molecular weight excluding hydrogens is 324 g/mol. The molecule has 1 aromatic carbocycles. The maximum Gasteiger partial charge on any atom is 0.348 e. The molecule has 0 bridgehead atoms. The topological polar surface area (TPSA) is 64.1 Å². The zero-order valence-electron chi connectivity index (χ0n) is 12.2. The third-order valence-electron chi connectivity index (χ3n) is 3.28. The second kappa shape index (κ2) is 5.88. The van der Waals surface area contributed by atoms with Gasteiger partial charge in [-0.25, -0.2) is 23.5 Å². The average Bonchev–Trinajstić information content (AvgIpc) is 2.88. The Labute approximate surface area is 134 Å². The van der Waals surface area contributed by atoms with Crippen molar-refractivity contribution >= 4 is 39.0 Å². The molecule has 3 aromatic rings. The fourth-order valence-electron chi connectivity index (χ4n) is 2.16. The number of carbonyl (C=O) groups is 1. The first-order valence-electron chi connectivity index (χ1n) is 6.55. The molecule has 8 heteroatoms. The van der Waals surface area contributed by atoms with Crippen molar-refractivity contribution in [3.8, 4) is 0 Å². The molecule has 0 aliphatic heterocycles. The van der Waals surface area contributed by atoms with Crippen LogP contribution in [0.1, 0.15) is 15.2 Å². The summed E-state index contributed by atoms with van der Waals surface area (Å²) in [6.45, 7) is 1.75. The van der Waals surface area contributed by atoms with Crippen LogP contribution in [0.4, 0.5) is 20.3 Å². The number of aryl methyl sites for hydroxylation is 1. The van der Waals surface area contributed by atoms with Gasteiger partial charge in [0.25, 0.3) is 0 Å². The maximum atomic E-state index is 13.3. The number of halogens is 2. The number of hydrogen-bond acceptors (Lipinski definition) is 6. The summed E-state index contributed by atoms with van der Waals surface area (Å²) >= 11 is 1.19. The Morgan fingerprint density at radius 2 is 2.04 bits per heavy atom. The summed E-state index contributed by atoms with van der Waals surface area (Å²) in [7, 11) is 1.30. The van der Waals surface area contributed by atoms with Crippen molar-refractivity contribution in [2.24, 2.45) is 0 Å². The fraction of sp³-hybridized carbons (Fsp3) is 0.133. The van der Waals surface area contributed by atoms with Crippen LogP contribution in [0.25, 0.3) is 10.2 Å². The quantitative estimate of drug-likeness (QED) is 0.738. The molecular formula is C15H11F2N3O2S. The van der Waals surface area contributed by atoms with E-state index in [4.69, 9.17) is 4.74 Å². The van der Waals surface area contributed by atoms with Crippen LogP contribution in [0.2, 0.25) is 0 Å². The van der Waals surface area contributed by atoms with Crippen LogP contribution < -0.4 is 5.32 Å². The Bertz CT molecular complexity index is 911. The van der Waals surface area contributed by atoms with Gasteiger partial charge in [-0.05, 0) is 24.6 Å². The summed E-state index contributed by atoms with van der Waals surface area (Å²) in [5.41, 5.74) is 1.01. The van der Waals surface area contributed by atoms with Crippen LogP contribution in [0.3, 0.4) is 0 Å². The number of carbonyl (C=O) groups excluding carboxylic acids is 1. The molecule has 0 atom stereocenters. The van der Waals surface area contributed by atoms with Crippen molar-refractivity contribution in [3.63, 3.8) is 0 Å². The minimum absolute atomic E-state index is 0.342. The van der Waals surface area contributed by atoms with Crippen LogP contribution in [-0.2, 0) is 4.74 Å². The second-order valence-corrected chi connectivity index (χ2v) is 5.70. The van der Waals surface area contributed by atoms with Crippen molar-refractivity contribution < 1.29 is 18.3 Å². The molecule has 2 heterocycles. The highest BCUT2D eigenvalue weighted by molar-refractivity contribution is 7.20. The summed E-state index contributed by atoms with van der Waals surface area (Å²) in [5, 5.41) is 3.56. The van der Waals surface area contributed by atoms with E-state index in [-0.39, 0.29) is 0 Å². The summed E-state index contributed by atoms with van der Waals surface area (Å²) in [6, 6.07) is 3.46. The van der Waals surface area contributed by atoms with Gasteiger partial charge >= 0.3 is 5.97 Å². The molecule has 0 aliphatic carbocycles. The van der Waals surface area contributed by atoms with Gasteiger partial charge in [-0.15, -0.1) is 11.3 Å². The van der Waals surface area contributed by atoms with Crippen molar-refractivity contribution in [2.45, 2.75) is 6.92 Å². The number of aromatic nitrogens is 2. The molecule has 2 aromatic heterocycles. The first-order valence-corrected chi connectivity index (χ1v) is 7.37. The molecule has 0 amide bonds. The Morgan fingerprint density at radius 1 is 1.26 bits per heavy atom. The zero-order chi connectivity index (χ0) is 16.6. The third-order valence-corrected chi connectivity index (χ3v) is 4.46. The van der Waals surface area contributed by atoms with E-state index >= 15 is 0 Å². The predicted molar refractivity (Wildman–Crippen MR) is 83.1 cm³/mol. The van der Waals surface area contributed by atoms with Crippen molar-refractivity contribution in [2.75, 3.05) is 12.4 Å². The minimum atomic E-state index is -0.961. The highest BCUT2D eigenvalue weighted by Gasteiger charge is 2.19. The van der Waals surface area contributed by atoms with E-state index in [9.17, 15) is 13.6 Å². The lowest BCUT2D eigenvalue weighted by molar-refractivity contribution is 0.0605. The Kier molecular flexibility index (Phi) is 3.91. The molecule has 0 saturated carbocycles. The smallest absolute Gasteiger partial charge is 0.348 e. The molecule has 3 rings (SSSR count). The van der Waals surface area contributed by atoms with E-state index in [0.717, 1.165) is 12.1 Å². The molecule has 0 spiro atoms. The number of hydrogen-bond donors (Lipinski definition) is 1. The van der Waals surface area contributed by atoms with E-state index in [1.54, 1.807) is 6.92 Å². The number of rotatable bonds is 3. The average molecular weight is 335 g/mol. The van der Waals surface area contributed by atoms with E-state index in [2.05, 4.69) is 15.3 Å². The molecule has 0 saturated heterocycles. The van der Waals surface area contributed by atoms with Gasteiger partial charge in [0.1, 0.15) is 21.9 Å². The monoisotopic (exact) mass is 335 g/mol. The number of thiophene rings is 1. The van der Waals surface area contributed by atoms with Gasteiger partial charge in [0.05, 0.1) is 12.5 Å². The molecule has 0 unspecified atom stereocenters. The summed E-state index contributed by atoms with van der Waals surface area (Å²) < 4.78 is 31.1. The van der Waals surface area contributed by atoms with Crippen LogP contribution in [0, 0.1) is 18.6 Å². The lowest BCUT2D eigenvalue weighted by Gasteiger charge is -2.07. The molecule has 5 nitrogen and oxygen atoms in total. The SMILES string of the molecule is COC(=O)c1sc2ncnc(Nc3ccc(F)c(F)c3)c2c1C. The van der Waals surface area contributed by atoms with Crippen LogP contribution >= 0.6 is 11.3 Å². The van der Waals surface area contributed by atoms with Gasteiger partial charge < -0.3 is 10.1 Å². The Balaban J connectivity index is 2.08. The van der Waals surface area contributed by atoms with Gasteiger partial charge in [-0.1, -0.05) is 0 Å². The Morgan fingerprint density at radius 3 is 2.74 bits per heavy atom. The molecule has 118 valence electrons. The number of nitrogens with one attached hydrogen (secondary N) is 1. The number of anilines is 2. The van der Waals surface area contributed by atoms with Gasteiger partial charge in [0, 0.05) is 11.8 Å². The first-order chi connectivity index (χ1) is 11.0. The zero-order valence-corrected chi connectivity index (χ0v) is 13.0. The lowest BCUT2D eigenvalue weighted by Crippen LogP contribution is -2.00. The molecule has 0 fully saturated rings. The van der Waals surface area contributed by atoms with Crippen LogP contribution in [0.15, 0.2) is 24.5 Å². The summed E-state index contributed by atoms with van der Waals surface area (Å²) in [6.07, 6.45) is 1.33. The molecule has 0 radical (unpaired) electrons. The summed E-state index contributed by atoms with van der Waals surface area (Å²) in [4.78, 5) is 21.1. The second-order valence-electron chi connectivity index (χ2n) is 4.70. The van der Waals surface area contributed by atoms with Gasteiger partial charge in [-0.2, -0.15) is 0 Å². The fourth-order valence-corrected chi connectivity index (χ4v) is 3.23. The minimum Gasteiger partial charge on any atom is -0.465 e. The number of benzene rings is 1. The normalized spacial score (nSPS) is 10.8. The van der Waals surface area contributed by atoms with Gasteiger partial charge in [0.15, 0.2) is 11.6 Å². The van der Waals surface area contributed by atoms with Gasteiger partial charge in [0.2, 0.25) is 0 Å². The Hall–Kier alpha value is -2.61. The third kappa shape index (κ3) is 2.72. The van der Waals surface area contributed by atoms with Crippen molar-refractivity contribution in [1.29, 1.82) is 0 Å². The predicted octanol–water partition coefficient (Wildman–Crippen LogP) is 3.81. The number of fused-ring (bicyclic) bond motifs is 1. The number of ether oxygens (including phenoxy) is 1. The maximum absolute atomic E-state index is 13.3. The summed E-state index contributed by atoms with van der Waals surface area (Å²) in [5.74, 6) is -1.94. The molecule has 23 heavy (non-hydrogen) atoms. The number of nitrogens with zero attached hydrogens (tertiary/aromatic N) is 2. The van der Waals surface area contributed by atoms with Crippen LogP contribution in [0.5, 0.6) is 0 Å².